The van der Waals surface area contributed by atoms with Gasteiger partial charge in [0, 0.05) is 26.2 Å². The van der Waals surface area contributed by atoms with E-state index in [2.05, 4.69) is 34.2 Å². The van der Waals surface area contributed by atoms with Crippen LogP contribution in [-0.4, -0.2) is 69.1 Å². The van der Waals surface area contributed by atoms with Gasteiger partial charge < -0.3 is 20.9 Å². The van der Waals surface area contributed by atoms with Crippen LogP contribution in [0.25, 0.3) is 0 Å². The summed E-state index contributed by atoms with van der Waals surface area (Å²) in [5.74, 6) is 0.531. The maximum atomic E-state index is 5.56. The molecule has 0 aromatic carbocycles. The van der Waals surface area contributed by atoms with E-state index in [0.29, 0.717) is 5.96 Å². The number of rotatable bonds is 4. The summed E-state index contributed by atoms with van der Waals surface area (Å²) in [5.41, 5.74) is 5.56. The summed E-state index contributed by atoms with van der Waals surface area (Å²) < 4.78 is 0. The van der Waals surface area contributed by atoms with E-state index in [4.69, 9.17) is 5.73 Å². The van der Waals surface area contributed by atoms with Gasteiger partial charge in [0.2, 0.25) is 0 Å². The highest BCUT2D eigenvalue weighted by Gasteiger charge is 2.19. The first-order valence-corrected chi connectivity index (χ1v) is 5.98. The molecule has 102 valence electrons. The molecule has 1 aliphatic heterocycles. The fourth-order valence-electron chi connectivity index (χ4n) is 2.08. The molecular weight excluding hydrogens is 329 g/mol. The molecule has 1 fully saturated rings. The van der Waals surface area contributed by atoms with Gasteiger partial charge in [-0.25, -0.2) is 0 Å². The fraction of sp³-hybridized carbons (Fsp3) is 0.909. The Balaban J connectivity index is 0.00000256. The fourth-order valence-corrected chi connectivity index (χ4v) is 2.08. The monoisotopic (exact) mass is 355 g/mol. The van der Waals surface area contributed by atoms with E-state index in [1.165, 1.54) is 25.9 Å². The summed E-state index contributed by atoms with van der Waals surface area (Å²) in [6.45, 7) is 4.31. The molecule has 0 spiro atoms. The van der Waals surface area contributed by atoms with Crippen molar-refractivity contribution in [1.82, 2.24) is 15.1 Å². The first kappa shape index (κ1) is 16.9. The molecule has 0 aliphatic carbocycles. The van der Waals surface area contributed by atoms with Crippen LogP contribution in [-0.2, 0) is 0 Å². The molecule has 0 saturated carbocycles. The smallest absolute Gasteiger partial charge is 0.188 e. The van der Waals surface area contributed by atoms with Crippen molar-refractivity contribution in [2.75, 3.05) is 47.3 Å². The Morgan fingerprint density at radius 2 is 2.00 bits per heavy atom. The van der Waals surface area contributed by atoms with Gasteiger partial charge in [0.15, 0.2) is 5.96 Å². The molecular formula is C11H26IN5. The van der Waals surface area contributed by atoms with Crippen LogP contribution in [0.2, 0.25) is 0 Å². The summed E-state index contributed by atoms with van der Waals surface area (Å²) in [5, 5.41) is 3.09. The van der Waals surface area contributed by atoms with Crippen LogP contribution in [0.4, 0.5) is 0 Å². The van der Waals surface area contributed by atoms with Crippen molar-refractivity contribution in [3.8, 4) is 0 Å². The van der Waals surface area contributed by atoms with Crippen molar-refractivity contribution in [2.24, 2.45) is 10.7 Å². The quantitative estimate of drug-likeness (QED) is 0.429. The lowest BCUT2D eigenvalue weighted by atomic mass is 10.0. The van der Waals surface area contributed by atoms with Crippen LogP contribution >= 0.6 is 24.0 Å². The van der Waals surface area contributed by atoms with Gasteiger partial charge in [0.25, 0.3) is 0 Å². The van der Waals surface area contributed by atoms with Crippen LogP contribution in [0.3, 0.4) is 0 Å². The van der Waals surface area contributed by atoms with Crippen molar-refractivity contribution < 1.29 is 0 Å². The van der Waals surface area contributed by atoms with Crippen LogP contribution in [0.5, 0.6) is 0 Å². The second-order valence-electron chi connectivity index (χ2n) is 4.57. The Labute approximate surface area is 122 Å². The molecule has 1 saturated heterocycles. The maximum absolute atomic E-state index is 5.56. The average Bonchev–Trinajstić information content (AvgIpc) is 2.29. The third-order valence-electron chi connectivity index (χ3n) is 3.26. The number of halogens is 1. The lowest BCUT2D eigenvalue weighted by Gasteiger charge is -2.35. The molecule has 5 nitrogen and oxygen atoms in total. The lowest BCUT2D eigenvalue weighted by Crippen LogP contribution is -2.45. The summed E-state index contributed by atoms with van der Waals surface area (Å²) >= 11 is 0. The molecule has 1 heterocycles. The lowest BCUT2D eigenvalue weighted by molar-refractivity contribution is 0.147. The summed E-state index contributed by atoms with van der Waals surface area (Å²) in [7, 11) is 6.03. The first-order valence-electron chi connectivity index (χ1n) is 5.98. The van der Waals surface area contributed by atoms with Crippen LogP contribution in [0.1, 0.15) is 12.8 Å². The number of likely N-dealkylation sites (tertiary alicyclic amines) is 1. The zero-order valence-corrected chi connectivity index (χ0v) is 13.5. The number of nitrogens with zero attached hydrogens (tertiary/aromatic N) is 3. The Hall–Kier alpha value is -0.0800. The van der Waals surface area contributed by atoms with Gasteiger partial charge in [0.05, 0.1) is 0 Å². The summed E-state index contributed by atoms with van der Waals surface area (Å²) in [4.78, 5) is 8.68. The van der Waals surface area contributed by atoms with Crippen LogP contribution in [0, 0.1) is 0 Å². The van der Waals surface area contributed by atoms with Crippen molar-refractivity contribution in [2.45, 2.75) is 18.9 Å². The predicted octanol–water partition coefficient (Wildman–Crippen LogP) is 0.165. The molecule has 0 unspecified atom stereocenters. The number of aliphatic imine (C=N–C) groups is 1. The molecule has 1 rings (SSSR count). The maximum Gasteiger partial charge on any atom is 0.188 e. The number of nitrogens with one attached hydrogen (secondary N) is 1. The summed E-state index contributed by atoms with van der Waals surface area (Å²) in [6.07, 6.45) is 2.54. The Morgan fingerprint density at radius 1 is 1.41 bits per heavy atom. The molecule has 17 heavy (non-hydrogen) atoms. The van der Waals surface area contributed by atoms with Gasteiger partial charge >= 0.3 is 0 Å². The van der Waals surface area contributed by atoms with E-state index in [1.54, 1.807) is 7.05 Å². The number of guanidine groups is 1. The van der Waals surface area contributed by atoms with E-state index < -0.39 is 0 Å². The highest BCUT2D eigenvalue weighted by atomic mass is 127. The molecule has 0 aromatic heterocycles. The van der Waals surface area contributed by atoms with Crippen molar-refractivity contribution in [1.29, 1.82) is 0 Å². The van der Waals surface area contributed by atoms with Crippen LogP contribution < -0.4 is 11.1 Å². The molecule has 0 aromatic rings. The number of hydrogen-bond donors (Lipinski definition) is 2. The SMILES string of the molecule is CN=C(N)NCCN1CCC(N(C)C)CC1.I. The Kier molecular flexibility index (Phi) is 8.89. The molecule has 1 aliphatic rings. The molecule has 3 N–H and O–H groups in total. The number of hydrogen-bond acceptors (Lipinski definition) is 3. The van der Waals surface area contributed by atoms with Gasteiger partial charge in [-0.05, 0) is 40.0 Å². The minimum absolute atomic E-state index is 0. The minimum Gasteiger partial charge on any atom is -0.370 e. The zero-order valence-electron chi connectivity index (χ0n) is 11.1. The molecule has 0 amide bonds. The van der Waals surface area contributed by atoms with E-state index in [0.717, 1.165) is 19.1 Å². The summed E-state index contributed by atoms with van der Waals surface area (Å²) in [6, 6.07) is 0.756. The van der Waals surface area contributed by atoms with Gasteiger partial charge in [0.1, 0.15) is 0 Å². The van der Waals surface area contributed by atoms with E-state index in [1.807, 2.05) is 0 Å². The van der Waals surface area contributed by atoms with Crippen molar-refractivity contribution >= 4 is 29.9 Å². The molecule has 0 radical (unpaired) electrons. The predicted molar refractivity (Wildman–Crippen MR) is 84.1 cm³/mol. The highest BCUT2D eigenvalue weighted by molar-refractivity contribution is 14.0. The second kappa shape index (κ2) is 8.93. The normalized spacial score (nSPS) is 19.2. The molecule has 6 heteroatoms. The standard InChI is InChI=1S/C11H25N5.HI/c1-13-11(12)14-6-9-16-7-4-10(5-8-16)15(2)3;/h10H,4-9H2,1-3H3,(H3,12,13,14);1H. The topological polar surface area (TPSA) is 56.9 Å². The minimum atomic E-state index is 0. The van der Waals surface area contributed by atoms with Gasteiger partial charge in [-0.15, -0.1) is 24.0 Å². The van der Waals surface area contributed by atoms with E-state index in [-0.39, 0.29) is 24.0 Å². The molecule has 0 bridgehead atoms. The Morgan fingerprint density at radius 3 is 2.47 bits per heavy atom. The highest BCUT2D eigenvalue weighted by Crippen LogP contribution is 2.13. The first-order chi connectivity index (χ1) is 7.63. The van der Waals surface area contributed by atoms with Gasteiger partial charge in [-0.1, -0.05) is 0 Å². The third kappa shape index (κ3) is 6.42. The van der Waals surface area contributed by atoms with Crippen LogP contribution in [0.15, 0.2) is 4.99 Å². The van der Waals surface area contributed by atoms with Crippen molar-refractivity contribution in [3.63, 3.8) is 0 Å². The van der Waals surface area contributed by atoms with Crippen molar-refractivity contribution in [3.05, 3.63) is 0 Å². The molecule has 0 atom stereocenters. The van der Waals surface area contributed by atoms with Gasteiger partial charge in [-0.3, -0.25) is 4.99 Å². The Bertz CT molecular complexity index is 224. The number of piperidine rings is 1. The van der Waals surface area contributed by atoms with Gasteiger partial charge in [-0.2, -0.15) is 0 Å². The second-order valence-corrected chi connectivity index (χ2v) is 4.57. The third-order valence-corrected chi connectivity index (χ3v) is 3.26. The largest absolute Gasteiger partial charge is 0.370 e. The zero-order chi connectivity index (χ0) is 12.0. The number of nitrogens with two attached hydrogens (primary N) is 1. The van der Waals surface area contributed by atoms with E-state index >= 15 is 0 Å². The van der Waals surface area contributed by atoms with E-state index in [9.17, 15) is 0 Å². The average molecular weight is 355 g/mol.